The van der Waals surface area contributed by atoms with Gasteiger partial charge in [0.2, 0.25) is 0 Å². The highest BCUT2D eigenvalue weighted by Gasteiger charge is 2.31. The molecule has 1 aromatic carbocycles. The second-order valence-corrected chi connectivity index (χ2v) is 6.27. The van der Waals surface area contributed by atoms with E-state index in [1.54, 1.807) is 13.0 Å². The molecule has 1 unspecified atom stereocenters. The Bertz CT molecular complexity index is 497. The van der Waals surface area contributed by atoms with Gasteiger partial charge in [-0.25, -0.2) is 4.79 Å². The molecule has 1 fully saturated rings. The van der Waals surface area contributed by atoms with Crippen LogP contribution in [-0.4, -0.2) is 18.6 Å². The van der Waals surface area contributed by atoms with Gasteiger partial charge in [-0.05, 0) is 49.8 Å². The van der Waals surface area contributed by atoms with E-state index in [0.717, 1.165) is 18.5 Å². The van der Waals surface area contributed by atoms with E-state index in [2.05, 4.69) is 19.2 Å². The summed E-state index contributed by atoms with van der Waals surface area (Å²) in [5.74, 6) is -0.320. The Morgan fingerprint density at radius 1 is 1.50 bits per heavy atom. The number of nitrogens with two attached hydrogens (primary N) is 1. The lowest BCUT2D eigenvalue weighted by Crippen LogP contribution is -2.20. The number of anilines is 2. The Kier molecular flexibility index (Phi) is 4.21. The Hall–Kier alpha value is -1.71. The first-order valence-corrected chi connectivity index (χ1v) is 7.24. The van der Waals surface area contributed by atoms with Gasteiger partial charge in [0, 0.05) is 17.4 Å². The number of carbonyl (C=O) groups is 1. The van der Waals surface area contributed by atoms with Gasteiger partial charge < -0.3 is 15.8 Å². The van der Waals surface area contributed by atoms with Gasteiger partial charge in [-0.2, -0.15) is 0 Å². The lowest BCUT2D eigenvalue weighted by atomic mass is 9.92. The molecule has 0 bridgehead atoms. The van der Waals surface area contributed by atoms with Crippen LogP contribution in [0.1, 0.15) is 50.4 Å². The van der Waals surface area contributed by atoms with E-state index in [4.69, 9.17) is 10.5 Å². The number of hydrogen-bond acceptors (Lipinski definition) is 4. The van der Waals surface area contributed by atoms with Crippen molar-refractivity contribution in [2.75, 3.05) is 17.7 Å². The molecule has 2 rings (SSSR count). The Labute approximate surface area is 120 Å². The summed E-state index contributed by atoms with van der Waals surface area (Å²) in [6.45, 7) is 6.73. The highest BCUT2D eigenvalue weighted by atomic mass is 16.5. The van der Waals surface area contributed by atoms with Gasteiger partial charge in [0.05, 0.1) is 12.2 Å². The third-order valence-corrected chi connectivity index (χ3v) is 3.87. The molecule has 0 aromatic heterocycles. The molecule has 20 heavy (non-hydrogen) atoms. The lowest BCUT2D eigenvalue weighted by molar-refractivity contribution is 0.0527. The number of benzene rings is 1. The van der Waals surface area contributed by atoms with Crippen LogP contribution in [0.3, 0.4) is 0 Å². The SMILES string of the molecule is CCOC(=O)c1cc(N)ccc1NC1CCC(C)(C)C1. The zero-order chi connectivity index (χ0) is 14.8. The molecule has 3 N–H and O–H groups in total. The summed E-state index contributed by atoms with van der Waals surface area (Å²) in [6.07, 6.45) is 3.44. The number of nitrogens with one attached hydrogen (secondary N) is 1. The summed E-state index contributed by atoms with van der Waals surface area (Å²) in [6, 6.07) is 5.76. The molecule has 0 saturated heterocycles. The molecule has 4 nitrogen and oxygen atoms in total. The third kappa shape index (κ3) is 3.44. The van der Waals surface area contributed by atoms with E-state index >= 15 is 0 Å². The highest BCUT2D eigenvalue weighted by molar-refractivity contribution is 5.96. The van der Waals surface area contributed by atoms with Crippen molar-refractivity contribution in [2.24, 2.45) is 5.41 Å². The zero-order valence-corrected chi connectivity index (χ0v) is 12.5. The van der Waals surface area contributed by atoms with Crippen LogP contribution in [0.25, 0.3) is 0 Å². The molecule has 0 heterocycles. The van der Waals surface area contributed by atoms with Crippen LogP contribution in [0, 0.1) is 5.41 Å². The van der Waals surface area contributed by atoms with Crippen molar-refractivity contribution in [1.29, 1.82) is 0 Å². The largest absolute Gasteiger partial charge is 0.462 e. The molecule has 110 valence electrons. The van der Waals surface area contributed by atoms with E-state index in [1.165, 1.54) is 6.42 Å². The number of rotatable bonds is 4. The molecule has 1 aliphatic rings. The summed E-state index contributed by atoms with van der Waals surface area (Å²) in [7, 11) is 0. The molecule has 0 aliphatic heterocycles. The van der Waals surface area contributed by atoms with Gasteiger partial charge in [-0.15, -0.1) is 0 Å². The van der Waals surface area contributed by atoms with E-state index < -0.39 is 0 Å². The summed E-state index contributed by atoms with van der Waals surface area (Å²) in [5.41, 5.74) is 8.07. The van der Waals surface area contributed by atoms with Gasteiger partial charge in [0.25, 0.3) is 0 Å². The number of hydrogen-bond donors (Lipinski definition) is 2. The zero-order valence-electron chi connectivity index (χ0n) is 12.5. The first-order valence-electron chi connectivity index (χ1n) is 7.24. The minimum atomic E-state index is -0.320. The topological polar surface area (TPSA) is 64.3 Å². The molecule has 1 aromatic rings. The summed E-state index contributed by atoms with van der Waals surface area (Å²) in [4.78, 5) is 12.0. The van der Waals surface area contributed by atoms with Gasteiger partial charge >= 0.3 is 5.97 Å². The molecule has 0 spiro atoms. The summed E-state index contributed by atoms with van der Waals surface area (Å²) in [5, 5.41) is 3.48. The lowest BCUT2D eigenvalue weighted by Gasteiger charge is -2.20. The summed E-state index contributed by atoms with van der Waals surface area (Å²) >= 11 is 0. The first kappa shape index (κ1) is 14.7. The molecule has 1 aliphatic carbocycles. The molecular formula is C16H24N2O2. The fourth-order valence-corrected chi connectivity index (χ4v) is 2.84. The van der Waals surface area contributed by atoms with E-state index in [-0.39, 0.29) is 5.97 Å². The Morgan fingerprint density at radius 3 is 2.85 bits per heavy atom. The van der Waals surface area contributed by atoms with Crippen LogP contribution in [0.5, 0.6) is 0 Å². The van der Waals surface area contributed by atoms with Crippen molar-refractivity contribution in [1.82, 2.24) is 0 Å². The predicted octanol–water partition coefficient (Wildman–Crippen LogP) is 3.44. The average molecular weight is 276 g/mol. The van der Waals surface area contributed by atoms with Crippen LogP contribution < -0.4 is 11.1 Å². The number of esters is 1. The molecular weight excluding hydrogens is 252 g/mol. The van der Waals surface area contributed by atoms with Crippen molar-refractivity contribution >= 4 is 17.3 Å². The van der Waals surface area contributed by atoms with Gasteiger partial charge in [-0.3, -0.25) is 0 Å². The fourth-order valence-electron chi connectivity index (χ4n) is 2.84. The van der Waals surface area contributed by atoms with Gasteiger partial charge in [0.1, 0.15) is 0 Å². The monoisotopic (exact) mass is 276 g/mol. The maximum absolute atomic E-state index is 12.0. The quantitative estimate of drug-likeness (QED) is 0.653. The van der Waals surface area contributed by atoms with E-state index in [9.17, 15) is 4.79 Å². The predicted molar refractivity (Wildman–Crippen MR) is 81.9 cm³/mol. The summed E-state index contributed by atoms with van der Waals surface area (Å²) < 4.78 is 5.09. The second-order valence-electron chi connectivity index (χ2n) is 6.27. The van der Waals surface area contributed by atoms with Crippen LogP contribution >= 0.6 is 0 Å². The van der Waals surface area contributed by atoms with Gasteiger partial charge in [0.15, 0.2) is 0 Å². The molecule has 0 radical (unpaired) electrons. The highest BCUT2D eigenvalue weighted by Crippen LogP contribution is 2.38. The van der Waals surface area contributed by atoms with Crippen molar-refractivity contribution in [3.8, 4) is 0 Å². The smallest absolute Gasteiger partial charge is 0.340 e. The average Bonchev–Trinajstić information content (AvgIpc) is 2.71. The Balaban J connectivity index is 2.17. The Morgan fingerprint density at radius 2 is 2.25 bits per heavy atom. The number of ether oxygens (including phenoxy) is 1. The van der Waals surface area contributed by atoms with E-state index in [1.807, 2.05) is 12.1 Å². The third-order valence-electron chi connectivity index (χ3n) is 3.87. The fraction of sp³-hybridized carbons (Fsp3) is 0.562. The van der Waals surface area contributed by atoms with Crippen molar-refractivity contribution in [3.05, 3.63) is 23.8 Å². The van der Waals surface area contributed by atoms with Crippen LogP contribution in [0.15, 0.2) is 18.2 Å². The second kappa shape index (κ2) is 5.73. The van der Waals surface area contributed by atoms with Gasteiger partial charge in [-0.1, -0.05) is 13.8 Å². The maximum atomic E-state index is 12.0. The molecule has 4 heteroatoms. The van der Waals surface area contributed by atoms with E-state index in [0.29, 0.717) is 29.3 Å². The normalized spacial score (nSPS) is 20.6. The minimum Gasteiger partial charge on any atom is -0.462 e. The molecule has 0 amide bonds. The first-order chi connectivity index (χ1) is 9.41. The van der Waals surface area contributed by atoms with Crippen molar-refractivity contribution < 1.29 is 9.53 Å². The van der Waals surface area contributed by atoms with Crippen molar-refractivity contribution in [3.63, 3.8) is 0 Å². The maximum Gasteiger partial charge on any atom is 0.340 e. The molecule has 1 atom stereocenters. The van der Waals surface area contributed by atoms with Crippen LogP contribution in [-0.2, 0) is 4.74 Å². The van der Waals surface area contributed by atoms with Crippen LogP contribution in [0.2, 0.25) is 0 Å². The number of nitrogen functional groups attached to an aromatic ring is 1. The molecule has 1 saturated carbocycles. The number of carbonyl (C=O) groups excluding carboxylic acids is 1. The minimum absolute atomic E-state index is 0.320. The van der Waals surface area contributed by atoms with Crippen LogP contribution in [0.4, 0.5) is 11.4 Å². The van der Waals surface area contributed by atoms with Crippen molar-refractivity contribution in [2.45, 2.75) is 46.1 Å². The standard InChI is InChI=1S/C16H24N2O2/c1-4-20-15(19)13-9-11(17)5-6-14(13)18-12-7-8-16(2,3)10-12/h5-6,9,12,18H,4,7-8,10,17H2,1-3H3.